The molecule has 0 spiro atoms. The second kappa shape index (κ2) is 7.93. The van der Waals surface area contributed by atoms with Crippen molar-refractivity contribution in [2.24, 2.45) is 0 Å². The number of esters is 1. The highest BCUT2D eigenvalue weighted by Gasteiger charge is 2.22. The van der Waals surface area contributed by atoms with E-state index in [1.54, 1.807) is 0 Å². The number of rotatable bonds is 6. The van der Waals surface area contributed by atoms with Crippen LogP contribution in [-0.2, 0) is 20.7 Å². The summed E-state index contributed by atoms with van der Waals surface area (Å²) >= 11 is 0. The Morgan fingerprint density at radius 2 is 1.54 bits per heavy atom. The van der Waals surface area contributed by atoms with Gasteiger partial charge >= 0.3 is 11.9 Å². The quantitative estimate of drug-likeness (QED) is 0.298. The SMILES string of the molecule is O=C(C=Cc1ccc(O)c(O)c1)O[C@H](Cc1ccc(O)c(O)c1)C(=O)O. The van der Waals surface area contributed by atoms with Gasteiger partial charge in [-0.2, -0.15) is 0 Å². The lowest BCUT2D eigenvalue weighted by Gasteiger charge is -2.13. The first kappa shape index (κ1) is 18.7. The molecule has 0 heterocycles. The summed E-state index contributed by atoms with van der Waals surface area (Å²) in [6.45, 7) is 0. The number of phenols is 4. The van der Waals surface area contributed by atoms with Gasteiger partial charge in [-0.25, -0.2) is 9.59 Å². The van der Waals surface area contributed by atoms with Gasteiger partial charge in [0.1, 0.15) is 0 Å². The van der Waals surface area contributed by atoms with Crippen LogP contribution in [0.2, 0.25) is 0 Å². The molecule has 0 saturated heterocycles. The first-order chi connectivity index (χ1) is 12.3. The van der Waals surface area contributed by atoms with Crippen LogP contribution in [0.1, 0.15) is 11.1 Å². The summed E-state index contributed by atoms with van der Waals surface area (Å²) < 4.78 is 4.88. The maximum Gasteiger partial charge on any atom is 0.345 e. The molecule has 8 heteroatoms. The predicted molar refractivity (Wildman–Crippen MR) is 89.8 cm³/mol. The predicted octanol–water partition coefficient (Wildman–Crippen LogP) is 1.76. The van der Waals surface area contributed by atoms with Gasteiger partial charge in [-0.3, -0.25) is 0 Å². The number of carbonyl (C=O) groups is 2. The van der Waals surface area contributed by atoms with Crippen molar-refractivity contribution in [3.05, 3.63) is 53.6 Å². The minimum absolute atomic E-state index is 0.206. The molecule has 0 aliphatic carbocycles. The first-order valence-corrected chi connectivity index (χ1v) is 7.40. The number of hydrogen-bond acceptors (Lipinski definition) is 7. The molecular weight excluding hydrogens is 344 g/mol. The monoisotopic (exact) mass is 360 g/mol. The number of hydrogen-bond donors (Lipinski definition) is 5. The summed E-state index contributed by atoms with van der Waals surface area (Å²) in [7, 11) is 0. The Hall–Kier alpha value is -3.68. The minimum atomic E-state index is -1.50. The molecule has 0 fully saturated rings. The normalized spacial score (nSPS) is 12.0. The lowest BCUT2D eigenvalue weighted by molar-refractivity contribution is -0.160. The average molecular weight is 360 g/mol. The molecule has 0 aliphatic rings. The van der Waals surface area contributed by atoms with Gasteiger partial charge in [-0.05, 0) is 41.5 Å². The Balaban J connectivity index is 2.05. The fraction of sp³-hybridized carbons (Fsp3) is 0.111. The Morgan fingerprint density at radius 1 is 0.923 bits per heavy atom. The topological polar surface area (TPSA) is 145 Å². The van der Waals surface area contributed by atoms with E-state index in [4.69, 9.17) is 4.74 Å². The van der Waals surface area contributed by atoms with Gasteiger partial charge in [0.25, 0.3) is 0 Å². The lowest BCUT2D eigenvalue weighted by atomic mass is 10.1. The highest BCUT2D eigenvalue weighted by atomic mass is 16.6. The molecule has 1 atom stereocenters. The second-order valence-electron chi connectivity index (χ2n) is 5.37. The number of carbonyl (C=O) groups excluding carboxylic acids is 1. The maximum atomic E-state index is 11.8. The third-order valence-electron chi connectivity index (χ3n) is 3.41. The van der Waals surface area contributed by atoms with Gasteiger partial charge in [-0.1, -0.05) is 12.1 Å². The molecule has 136 valence electrons. The third-order valence-corrected chi connectivity index (χ3v) is 3.41. The molecule has 0 saturated carbocycles. The van der Waals surface area contributed by atoms with Gasteiger partial charge in [0.05, 0.1) is 0 Å². The summed E-state index contributed by atoms with van der Waals surface area (Å²) in [5.41, 5.74) is 0.750. The van der Waals surface area contributed by atoms with E-state index in [2.05, 4.69) is 0 Å². The molecule has 0 amide bonds. The molecule has 26 heavy (non-hydrogen) atoms. The molecule has 0 radical (unpaired) electrons. The van der Waals surface area contributed by atoms with Crippen LogP contribution in [0.3, 0.4) is 0 Å². The molecular formula is C18H16O8. The third kappa shape index (κ3) is 4.91. The minimum Gasteiger partial charge on any atom is -0.504 e. The molecule has 2 aromatic carbocycles. The van der Waals surface area contributed by atoms with Crippen molar-refractivity contribution in [3.8, 4) is 23.0 Å². The number of ether oxygens (including phenoxy) is 1. The Morgan fingerprint density at radius 3 is 2.12 bits per heavy atom. The van der Waals surface area contributed by atoms with E-state index in [-0.39, 0.29) is 23.7 Å². The summed E-state index contributed by atoms with van der Waals surface area (Å²) in [5.74, 6) is -3.74. The van der Waals surface area contributed by atoms with Crippen molar-refractivity contribution < 1.29 is 39.9 Å². The Bertz CT molecular complexity index is 856. The molecule has 8 nitrogen and oxygen atoms in total. The fourth-order valence-corrected chi connectivity index (χ4v) is 2.08. The lowest BCUT2D eigenvalue weighted by Crippen LogP contribution is -2.28. The van der Waals surface area contributed by atoms with Gasteiger partial charge in [0.2, 0.25) is 6.10 Å². The zero-order valence-corrected chi connectivity index (χ0v) is 13.4. The van der Waals surface area contributed by atoms with Crippen LogP contribution in [0.5, 0.6) is 23.0 Å². The molecule has 0 unspecified atom stereocenters. The van der Waals surface area contributed by atoms with E-state index in [9.17, 15) is 35.1 Å². The molecule has 0 aromatic heterocycles. The van der Waals surface area contributed by atoms with Crippen LogP contribution in [0.25, 0.3) is 6.08 Å². The number of benzene rings is 2. The standard InChI is InChI=1S/C18H16O8/c19-12-4-1-10(7-14(12)21)3-6-17(23)26-16(18(24)25)9-11-2-5-13(20)15(22)8-11/h1-8,16,19-22H,9H2,(H,24,25)/t16-/m1/s1. The van der Waals surface area contributed by atoms with E-state index >= 15 is 0 Å². The first-order valence-electron chi connectivity index (χ1n) is 7.40. The number of aliphatic carboxylic acids is 1. The van der Waals surface area contributed by atoms with E-state index in [0.29, 0.717) is 11.1 Å². The zero-order chi connectivity index (χ0) is 19.3. The van der Waals surface area contributed by atoms with Crippen molar-refractivity contribution in [2.75, 3.05) is 0 Å². The number of carboxylic acid groups (broad SMARTS) is 1. The van der Waals surface area contributed by atoms with E-state index in [0.717, 1.165) is 6.08 Å². The van der Waals surface area contributed by atoms with Gasteiger partial charge in [-0.15, -0.1) is 0 Å². The van der Waals surface area contributed by atoms with Crippen molar-refractivity contribution in [3.63, 3.8) is 0 Å². The maximum absolute atomic E-state index is 11.8. The van der Waals surface area contributed by atoms with E-state index in [1.807, 2.05) is 0 Å². The van der Waals surface area contributed by atoms with Gasteiger partial charge in [0, 0.05) is 12.5 Å². The highest BCUT2D eigenvalue weighted by Crippen LogP contribution is 2.26. The van der Waals surface area contributed by atoms with E-state index < -0.39 is 23.8 Å². The van der Waals surface area contributed by atoms with Gasteiger partial charge in [0.15, 0.2) is 23.0 Å². The Kier molecular flexibility index (Phi) is 5.69. The van der Waals surface area contributed by atoms with Crippen molar-refractivity contribution >= 4 is 18.0 Å². The summed E-state index contributed by atoms with van der Waals surface area (Å²) in [5, 5.41) is 46.5. The average Bonchev–Trinajstić information content (AvgIpc) is 2.58. The fourth-order valence-electron chi connectivity index (χ4n) is 2.08. The molecule has 5 N–H and O–H groups in total. The smallest absolute Gasteiger partial charge is 0.345 e. The molecule has 2 aromatic rings. The van der Waals surface area contributed by atoms with Crippen LogP contribution < -0.4 is 0 Å². The van der Waals surface area contributed by atoms with E-state index in [1.165, 1.54) is 42.5 Å². The zero-order valence-electron chi connectivity index (χ0n) is 13.4. The number of aromatic hydroxyl groups is 4. The highest BCUT2D eigenvalue weighted by molar-refractivity contribution is 5.89. The summed E-state index contributed by atoms with van der Waals surface area (Å²) in [6, 6.07) is 7.65. The van der Waals surface area contributed by atoms with Gasteiger partial charge < -0.3 is 30.3 Å². The largest absolute Gasteiger partial charge is 0.504 e. The van der Waals surface area contributed by atoms with Crippen LogP contribution in [0.15, 0.2) is 42.5 Å². The van der Waals surface area contributed by atoms with Crippen molar-refractivity contribution in [1.82, 2.24) is 0 Å². The number of carboxylic acids is 1. The van der Waals surface area contributed by atoms with Crippen LogP contribution >= 0.6 is 0 Å². The summed E-state index contributed by atoms with van der Waals surface area (Å²) in [6.07, 6.45) is 0.565. The number of phenolic OH excluding ortho intramolecular Hbond substituents is 4. The summed E-state index contributed by atoms with van der Waals surface area (Å²) in [4.78, 5) is 23.1. The molecule has 0 aliphatic heterocycles. The van der Waals surface area contributed by atoms with Crippen LogP contribution in [0.4, 0.5) is 0 Å². The van der Waals surface area contributed by atoms with Crippen LogP contribution in [0, 0.1) is 0 Å². The Labute approximate surface area is 147 Å². The molecule has 0 bridgehead atoms. The second-order valence-corrected chi connectivity index (χ2v) is 5.37. The van der Waals surface area contributed by atoms with Crippen LogP contribution in [-0.4, -0.2) is 43.6 Å². The van der Waals surface area contributed by atoms with Crippen molar-refractivity contribution in [2.45, 2.75) is 12.5 Å². The van der Waals surface area contributed by atoms with Crippen molar-refractivity contribution in [1.29, 1.82) is 0 Å². The molecule has 2 rings (SSSR count).